The summed E-state index contributed by atoms with van der Waals surface area (Å²) in [4.78, 5) is 0. The van der Waals surface area contributed by atoms with Crippen LogP contribution in [0.3, 0.4) is 0 Å². The van der Waals surface area contributed by atoms with Gasteiger partial charge in [0.2, 0.25) is 0 Å². The second-order valence-corrected chi connectivity index (χ2v) is 5.18. The van der Waals surface area contributed by atoms with Crippen LogP contribution >= 0.6 is 15.9 Å². The summed E-state index contributed by atoms with van der Waals surface area (Å²) in [5.41, 5.74) is 9.41. The minimum Gasteiger partial charge on any atom is -0.327 e. The monoisotopic (exact) mass is 237 g/mol. The summed E-state index contributed by atoms with van der Waals surface area (Å²) in [6.07, 6.45) is 3.67. The zero-order valence-corrected chi connectivity index (χ0v) is 8.97. The first-order chi connectivity index (χ1) is 6.22. The highest BCUT2D eigenvalue weighted by molar-refractivity contribution is 9.10. The summed E-state index contributed by atoms with van der Waals surface area (Å²) in [7, 11) is 0. The predicted octanol–water partition coefficient (Wildman–Crippen LogP) is 2.36. The van der Waals surface area contributed by atoms with Crippen LogP contribution in [0.5, 0.6) is 0 Å². The summed E-state index contributed by atoms with van der Waals surface area (Å²) >= 11 is 3.51. The lowest BCUT2D eigenvalue weighted by Gasteiger charge is -2.08. The molecule has 0 bridgehead atoms. The molecule has 3 rings (SSSR count). The maximum Gasteiger partial charge on any atom is 0.0178 e. The Morgan fingerprint density at radius 1 is 1.46 bits per heavy atom. The molecule has 13 heavy (non-hydrogen) atoms. The Morgan fingerprint density at radius 2 is 2.23 bits per heavy atom. The van der Waals surface area contributed by atoms with E-state index in [-0.39, 0.29) is 0 Å². The van der Waals surface area contributed by atoms with Gasteiger partial charge in [0.15, 0.2) is 0 Å². The van der Waals surface area contributed by atoms with Crippen LogP contribution in [0.15, 0.2) is 22.7 Å². The van der Waals surface area contributed by atoms with Gasteiger partial charge in [0.1, 0.15) is 0 Å². The molecule has 0 amide bonds. The number of fused-ring (bicyclic) bond motifs is 2. The molecular formula is C11H12BrN. The Balaban J connectivity index is 2.13. The number of hydrogen-bond acceptors (Lipinski definition) is 1. The Hall–Kier alpha value is -0.340. The molecule has 68 valence electrons. The molecule has 1 fully saturated rings. The minimum atomic E-state index is 0.385. The van der Waals surface area contributed by atoms with E-state index < -0.39 is 0 Å². The second kappa shape index (κ2) is 2.37. The summed E-state index contributed by atoms with van der Waals surface area (Å²) in [6.45, 7) is 0. The topological polar surface area (TPSA) is 26.0 Å². The molecular weight excluding hydrogens is 226 g/mol. The minimum absolute atomic E-state index is 0.385. The van der Waals surface area contributed by atoms with Crippen molar-refractivity contribution in [2.45, 2.75) is 30.7 Å². The fourth-order valence-corrected chi connectivity index (χ4v) is 3.09. The third-order valence-electron chi connectivity index (χ3n) is 3.58. The maximum atomic E-state index is 6.00. The molecule has 0 heterocycles. The van der Waals surface area contributed by atoms with Gasteiger partial charge in [-0.15, -0.1) is 0 Å². The number of hydrogen-bond donors (Lipinski definition) is 1. The van der Waals surface area contributed by atoms with E-state index in [1.807, 2.05) is 0 Å². The van der Waals surface area contributed by atoms with Crippen molar-refractivity contribution >= 4 is 15.9 Å². The number of rotatable bonds is 0. The van der Waals surface area contributed by atoms with E-state index >= 15 is 0 Å². The number of halogens is 1. The van der Waals surface area contributed by atoms with Crippen molar-refractivity contribution in [3.63, 3.8) is 0 Å². The van der Waals surface area contributed by atoms with Crippen LogP contribution in [-0.4, -0.2) is 6.04 Å². The van der Waals surface area contributed by atoms with Gasteiger partial charge >= 0.3 is 0 Å². The first-order valence-corrected chi connectivity index (χ1v) is 5.56. The Kier molecular flexibility index (Phi) is 1.46. The van der Waals surface area contributed by atoms with Crippen LogP contribution in [0.1, 0.15) is 24.0 Å². The summed E-state index contributed by atoms with van der Waals surface area (Å²) in [5.74, 6) is 0. The Bertz CT molecular complexity index is 374. The van der Waals surface area contributed by atoms with E-state index in [4.69, 9.17) is 5.73 Å². The Morgan fingerprint density at radius 3 is 2.92 bits per heavy atom. The van der Waals surface area contributed by atoms with Gasteiger partial charge in [0.05, 0.1) is 0 Å². The third kappa shape index (κ3) is 0.960. The fourth-order valence-electron chi connectivity index (χ4n) is 2.68. The third-order valence-corrected chi connectivity index (χ3v) is 4.07. The average Bonchev–Trinajstić information content (AvgIpc) is 2.59. The van der Waals surface area contributed by atoms with E-state index in [1.165, 1.54) is 34.9 Å². The van der Waals surface area contributed by atoms with E-state index in [0.717, 1.165) is 0 Å². The molecule has 2 aliphatic carbocycles. The van der Waals surface area contributed by atoms with Crippen LogP contribution in [0.25, 0.3) is 0 Å². The highest BCUT2D eigenvalue weighted by atomic mass is 79.9. The smallest absolute Gasteiger partial charge is 0.0178 e. The lowest BCUT2D eigenvalue weighted by molar-refractivity contribution is 0.651. The molecule has 1 spiro atoms. The molecule has 1 aromatic carbocycles. The van der Waals surface area contributed by atoms with Crippen molar-refractivity contribution in [1.82, 2.24) is 0 Å². The zero-order chi connectivity index (χ0) is 9.05. The highest BCUT2D eigenvalue weighted by Gasteiger charge is 2.55. The van der Waals surface area contributed by atoms with Gasteiger partial charge in [-0.2, -0.15) is 0 Å². The quantitative estimate of drug-likeness (QED) is 0.737. The van der Waals surface area contributed by atoms with Crippen molar-refractivity contribution in [2.75, 3.05) is 0 Å². The van der Waals surface area contributed by atoms with Gasteiger partial charge in [-0.1, -0.05) is 22.0 Å². The predicted molar refractivity (Wildman–Crippen MR) is 56.7 cm³/mol. The van der Waals surface area contributed by atoms with Crippen molar-refractivity contribution in [3.05, 3.63) is 33.8 Å². The highest BCUT2D eigenvalue weighted by Crippen LogP contribution is 2.55. The Labute approximate surface area is 86.5 Å². The largest absolute Gasteiger partial charge is 0.327 e. The van der Waals surface area contributed by atoms with E-state index in [1.54, 1.807) is 0 Å². The van der Waals surface area contributed by atoms with Crippen molar-refractivity contribution in [3.8, 4) is 0 Å². The molecule has 0 radical (unpaired) electrons. The molecule has 1 nitrogen and oxygen atoms in total. The molecule has 2 heteroatoms. The molecule has 1 saturated carbocycles. The van der Waals surface area contributed by atoms with Gasteiger partial charge < -0.3 is 5.73 Å². The molecule has 0 aliphatic heterocycles. The van der Waals surface area contributed by atoms with Gasteiger partial charge in [-0.05, 0) is 42.5 Å². The maximum absolute atomic E-state index is 6.00. The molecule has 2 atom stereocenters. The first kappa shape index (κ1) is 8.01. The van der Waals surface area contributed by atoms with Gasteiger partial charge in [0.25, 0.3) is 0 Å². The van der Waals surface area contributed by atoms with Gasteiger partial charge in [-0.3, -0.25) is 0 Å². The number of benzene rings is 1. The molecule has 2 N–H and O–H groups in total. The number of nitrogens with two attached hydrogens (primary N) is 1. The molecule has 0 unspecified atom stereocenters. The normalized spacial score (nSPS) is 35.1. The lowest BCUT2D eigenvalue weighted by Crippen LogP contribution is -2.14. The number of aryl methyl sites for hydroxylation is 1. The van der Waals surface area contributed by atoms with Crippen LogP contribution in [0, 0.1) is 0 Å². The summed E-state index contributed by atoms with van der Waals surface area (Å²) in [6, 6.07) is 7.06. The van der Waals surface area contributed by atoms with Gasteiger partial charge in [0, 0.05) is 15.9 Å². The van der Waals surface area contributed by atoms with E-state index in [9.17, 15) is 0 Å². The van der Waals surface area contributed by atoms with E-state index in [2.05, 4.69) is 34.1 Å². The van der Waals surface area contributed by atoms with Crippen molar-refractivity contribution in [2.24, 2.45) is 5.73 Å². The van der Waals surface area contributed by atoms with Crippen molar-refractivity contribution < 1.29 is 0 Å². The van der Waals surface area contributed by atoms with Gasteiger partial charge in [-0.25, -0.2) is 0 Å². The van der Waals surface area contributed by atoms with Crippen LogP contribution in [0.2, 0.25) is 0 Å². The molecule has 2 aliphatic rings. The average molecular weight is 238 g/mol. The van der Waals surface area contributed by atoms with E-state index in [0.29, 0.717) is 11.5 Å². The van der Waals surface area contributed by atoms with Crippen molar-refractivity contribution in [1.29, 1.82) is 0 Å². The molecule has 0 saturated heterocycles. The SMILES string of the molecule is N[C@H]1C[C@]12CCc1cc(Br)ccc12. The second-order valence-electron chi connectivity index (χ2n) is 4.27. The van der Waals surface area contributed by atoms with Crippen LogP contribution < -0.4 is 5.73 Å². The summed E-state index contributed by atoms with van der Waals surface area (Å²) in [5, 5.41) is 0. The standard InChI is InChI=1S/C11H12BrN/c12-8-1-2-9-7(5-8)3-4-11(9)6-10(11)13/h1-2,5,10H,3-4,6,13H2/t10-,11-/m0/s1. The fraction of sp³-hybridized carbons (Fsp3) is 0.455. The lowest BCUT2D eigenvalue weighted by atomic mass is 9.98. The van der Waals surface area contributed by atoms with Crippen LogP contribution in [-0.2, 0) is 11.8 Å². The zero-order valence-electron chi connectivity index (χ0n) is 7.39. The van der Waals surface area contributed by atoms with Crippen LogP contribution in [0.4, 0.5) is 0 Å². The summed E-state index contributed by atoms with van der Waals surface area (Å²) < 4.78 is 1.19. The molecule has 1 aromatic rings. The molecule has 0 aromatic heterocycles. The first-order valence-electron chi connectivity index (χ1n) is 4.77.